The Morgan fingerprint density at radius 3 is 2.59 bits per heavy atom. The zero-order valence-electron chi connectivity index (χ0n) is 17.7. The third kappa shape index (κ3) is 4.93. The molecule has 2 aliphatic rings. The predicted octanol–water partition coefficient (Wildman–Crippen LogP) is 4.68. The van der Waals surface area contributed by atoms with Crippen LogP contribution >= 0.6 is 12.2 Å². The average Bonchev–Trinajstić information content (AvgIpc) is 2.65. The Balaban J connectivity index is 1.83. The minimum absolute atomic E-state index is 0.262. The predicted molar refractivity (Wildman–Crippen MR) is 121 cm³/mol. The molecule has 0 saturated heterocycles. The highest BCUT2D eigenvalue weighted by molar-refractivity contribution is 7.80. The van der Waals surface area contributed by atoms with E-state index in [0.717, 1.165) is 47.2 Å². The number of aliphatic imine (C=N–C) groups is 1. The van der Waals surface area contributed by atoms with Crippen molar-refractivity contribution < 1.29 is 9.53 Å². The van der Waals surface area contributed by atoms with E-state index in [-0.39, 0.29) is 6.09 Å². The molecule has 1 aromatic carbocycles. The van der Waals surface area contributed by atoms with Crippen LogP contribution in [0.1, 0.15) is 57.2 Å². The highest BCUT2D eigenvalue weighted by Crippen LogP contribution is 2.29. The Kier molecular flexibility index (Phi) is 5.94. The molecule has 0 bridgehead atoms. The number of fused-ring (bicyclic) bond motifs is 1. The summed E-state index contributed by atoms with van der Waals surface area (Å²) >= 11 is 5.21. The smallest absolute Gasteiger partial charge is 0.410 e. The third-order valence-electron chi connectivity index (χ3n) is 5.10. The van der Waals surface area contributed by atoms with Crippen LogP contribution in [0.25, 0.3) is 0 Å². The lowest BCUT2D eigenvalue weighted by molar-refractivity contribution is 0.0224. The van der Waals surface area contributed by atoms with E-state index in [2.05, 4.69) is 24.8 Å². The lowest BCUT2D eigenvalue weighted by Gasteiger charge is -2.31. The molecule has 0 saturated carbocycles. The van der Waals surface area contributed by atoms with E-state index < -0.39 is 5.60 Å². The zero-order chi connectivity index (χ0) is 21.3. The van der Waals surface area contributed by atoms with Gasteiger partial charge < -0.3 is 15.4 Å². The van der Waals surface area contributed by atoms with E-state index >= 15 is 0 Å². The first kappa shape index (κ1) is 21.2. The molecule has 5 nitrogen and oxygen atoms in total. The standard InChI is InChI=1S/C23H29N3O2S/c1-14(2)18-8-9-19(25-20(18)21(24)29)16-6-7-17-13-26(11-10-15(17)12-16)22(27)28-23(3,4)5/h6-7,12H,1,8-11,13H2,2-5H3,(H2,24,29). The Morgan fingerprint density at radius 2 is 1.97 bits per heavy atom. The van der Waals surface area contributed by atoms with Crippen LogP contribution in [-0.4, -0.2) is 33.8 Å². The van der Waals surface area contributed by atoms with Gasteiger partial charge in [-0.1, -0.05) is 36.5 Å². The van der Waals surface area contributed by atoms with Crippen molar-refractivity contribution in [2.45, 2.75) is 59.1 Å². The Bertz CT molecular complexity index is 938. The van der Waals surface area contributed by atoms with Gasteiger partial charge >= 0.3 is 6.09 Å². The fourth-order valence-electron chi connectivity index (χ4n) is 3.66. The van der Waals surface area contributed by atoms with Gasteiger partial charge in [0.1, 0.15) is 16.3 Å². The third-order valence-corrected chi connectivity index (χ3v) is 5.29. The number of hydrogen-bond acceptors (Lipinski definition) is 4. The van der Waals surface area contributed by atoms with Crippen LogP contribution in [0.2, 0.25) is 0 Å². The average molecular weight is 412 g/mol. The van der Waals surface area contributed by atoms with Crippen molar-refractivity contribution in [3.8, 4) is 0 Å². The lowest BCUT2D eigenvalue weighted by atomic mass is 9.91. The summed E-state index contributed by atoms with van der Waals surface area (Å²) in [5.74, 6) is 0. The van der Waals surface area contributed by atoms with Gasteiger partial charge in [-0.2, -0.15) is 0 Å². The van der Waals surface area contributed by atoms with E-state index in [4.69, 9.17) is 27.7 Å². The van der Waals surface area contributed by atoms with Crippen molar-refractivity contribution in [3.63, 3.8) is 0 Å². The first-order valence-corrected chi connectivity index (χ1v) is 10.3. The SMILES string of the molecule is C=C(C)C1=C(C(N)=S)N=C(c2ccc3c(c2)CCN(C(=O)OC(C)(C)C)C3)CC1. The number of rotatable bonds is 3. The monoisotopic (exact) mass is 411 g/mol. The molecule has 6 heteroatoms. The number of ether oxygens (including phenoxy) is 1. The minimum atomic E-state index is -0.488. The summed E-state index contributed by atoms with van der Waals surface area (Å²) in [7, 11) is 0. The second-order valence-corrected chi connectivity index (χ2v) is 9.11. The van der Waals surface area contributed by atoms with Crippen LogP contribution in [0.3, 0.4) is 0 Å². The van der Waals surface area contributed by atoms with E-state index in [0.29, 0.717) is 23.8 Å². The topological polar surface area (TPSA) is 67.9 Å². The maximum Gasteiger partial charge on any atom is 0.410 e. The Hall–Kier alpha value is -2.47. The van der Waals surface area contributed by atoms with Crippen LogP contribution in [-0.2, 0) is 17.7 Å². The number of benzene rings is 1. The van der Waals surface area contributed by atoms with Gasteiger partial charge in [0.25, 0.3) is 0 Å². The molecule has 0 aliphatic carbocycles. The molecule has 0 atom stereocenters. The molecule has 29 heavy (non-hydrogen) atoms. The molecular weight excluding hydrogens is 382 g/mol. The summed E-state index contributed by atoms with van der Waals surface area (Å²) in [6.45, 7) is 12.9. The van der Waals surface area contributed by atoms with Crippen LogP contribution in [0.4, 0.5) is 4.79 Å². The molecule has 2 aliphatic heterocycles. The van der Waals surface area contributed by atoms with Gasteiger partial charge in [0, 0.05) is 18.8 Å². The number of carbonyl (C=O) groups is 1. The molecule has 2 heterocycles. The minimum Gasteiger partial charge on any atom is -0.444 e. The molecule has 0 aromatic heterocycles. The summed E-state index contributed by atoms with van der Waals surface area (Å²) in [4.78, 5) is 19.2. The molecule has 0 spiro atoms. The van der Waals surface area contributed by atoms with Gasteiger partial charge in [0.2, 0.25) is 0 Å². The molecule has 1 amide bonds. The number of allylic oxidation sites excluding steroid dienone is 2. The van der Waals surface area contributed by atoms with Crippen molar-refractivity contribution in [1.29, 1.82) is 0 Å². The largest absolute Gasteiger partial charge is 0.444 e. The second kappa shape index (κ2) is 8.11. The van der Waals surface area contributed by atoms with Crippen LogP contribution in [0.15, 0.2) is 46.6 Å². The zero-order valence-corrected chi connectivity index (χ0v) is 18.5. The molecule has 0 fully saturated rings. The number of nitrogens with two attached hydrogens (primary N) is 1. The van der Waals surface area contributed by atoms with Gasteiger partial charge in [-0.25, -0.2) is 9.79 Å². The maximum atomic E-state index is 12.4. The summed E-state index contributed by atoms with van der Waals surface area (Å²) in [6.07, 6.45) is 2.20. The number of thiocarbonyl (C=S) groups is 1. The van der Waals surface area contributed by atoms with Crippen LogP contribution in [0, 0.1) is 0 Å². The highest BCUT2D eigenvalue weighted by Gasteiger charge is 2.26. The fourth-order valence-corrected chi connectivity index (χ4v) is 3.83. The first-order chi connectivity index (χ1) is 13.5. The molecule has 2 N–H and O–H groups in total. The van der Waals surface area contributed by atoms with Crippen molar-refractivity contribution in [2.24, 2.45) is 10.7 Å². The number of hydrogen-bond donors (Lipinski definition) is 1. The van der Waals surface area contributed by atoms with Crippen molar-refractivity contribution >= 4 is 29.0 Å². The van der Waals surface area contributed by atoms with Gasteiger partial charge in [-0.3, -0.25) is 0 Å². The second-order valence-electron chi connectivity index (χ2n) is 8.67. The van der Waals surface area contributed by atoms with E-state index in [9.17, 15) is 4.79 Å². The molecule has 154 valence electrons. The van der Waals surface area contributed by atoms with E-state index in [1.807, 2.05) is 27.7 Å². The van der Waals surface area contributed by atoms with Gasteiger partial charge in [0.15, 0.2) is 0 Å². The molecular formula is C23H29N3O2S. The Morgan fingerprint density at radius 1 is 1.24 bits per heavy atom. The van der Waals surface area contributed by atoms with Crippen molar-refractivity contribution in [2.75, 3.05) is 6.54 Å². The first-order valence-electron chi connectivity index (χ1n) is 9.91. The van der Waals surface area contributed by atoms with Crippen LogP contribution < -0.4 is 5.73 Å². The number of carbonyl (C=O) groups excluding carboxylic acids is 1. The molecule has 3 rings (SSSR count). The summed E-state index contributed by atoms with van der Waals surface area (Å²) < 4.78 is 5.51. The molecule has 1 aromatic rings. The van der Waals surface area contributed by atoms with E-state index in [1.54, 1.807) is 4.90 Å². The van der Waals surface area contributed by atoms with E-state index in [1.165, 1.54) is 5.56 Å². The number of amides is 1. The van der Waals surface area contributed by atoms with Gasteiger partial charge in [-0.05, 0) is 75.3 Å². The molecule has 0 radical (unpaired) electrons. The Labute approximate surface area is 178 Å². The quantitative estimate of drug-likeness (QED) is 0.734. The summed E-state index contributed by atoms with van der Waals surface area (Å²) in [5.41, 5.74) is 12.6. The number of nitrogens with zero attached hydrogens (tertiary/aromatic N) is 2. The fraction of sp³-hybridized carbons (Fsp3) is 0.435. The van der Waals surface area contributed by atoms with Gasteiger partial charge in [0.05, 0.1) is 0 Å². The lowest BCUT2D eigenvalue weighted by Crippen LogP contribution is -2.39. The van der Waals surface area contributed by atoms with Crippen LogP contribution in [0.5, 0.6) is 0 Å². The maximum absolute atomic E-state index is 12.4. The highest BCUT2D eigenvalue weighted by atomic mass is 32.1. The van der Waals surface area contributed by atoms with Gasteiger partial charge in [-0.15, -0.1) is 0 Å². The normalized spacial score (nSPS) is 16.8. The molecule has 0 unspecified atom stereocenters. The summed E-state index contributed by atoms with van der Waals surface area (Å²) in [6, 6.07) is 6.34. The van der Waals surface area contributed by atoms with Crippen molar-refractivity contribution in [3.05, 3.63) is 58.3 Å². The van der Waals surface area contributed by atoms with Crippen molar-refractivity contribution in [1.82, 2.24) is 4.90 Å². The summed E-state index contributed by atoms with van der Waals surface area (Å²) in [5, 5.41) is 0.